The highest BCUT2D eigenvalue weighted by atomic mass is 16.5. The molecular formula is C19H23N3O3. The van der Waals surface area contributed by atoms with Crippen LogP contribution in [0.3, 0.4) is 0 Å². The van der Waals surface area contributed by atoms with Crippen molar-refractivity contribution < 1.29 is 14.3 Å². The highest BCUT2D eigenvalue weighted by molar-refractivity contribution is 5.94. The molecular weight excluding hydrogens is 318 g/mol. The quantitative estimate of drug-likeness (QED) is 0.852. The van der Waals surface area contributed by atoms with E-state index in [0.29, 0.717) is 30.8 Å². The van der Waals surface area contributed by atoms with E-state index in [4.69, 9.17) is 4.74 Å². The predicted molar refractivity (Wildman–Crippen MR) is 93.5 cm³/mol. The number of benzene rings is 1. The van der Waals surface area contributed by atoms with E-state index in [0.717, 1.165) is 11.3 Å². The second-order valence-electron chi connectivity index (χ2n) is 7.32. The van der Waals surface area contributed by atoms with Gasteiger partial charge < -0.3 is 9.64 Å². The van der Waals surface area contributed by atoms with E-state index < -0.39 is 5.97 Å². The topological polar surface area (TPSA) is 75.3 Å². The number of nitrogens with one attached hydrogen (secondary N) is 1. The molecule has 1 aliphatic heterocycles. The first-order valence-electron chi connectivity index (χ1n) is 8.35. The van der Waals surface area contributed by atoms with Gasteiger partial charge in [0.25, 0.3) is 5.91 Å². The minimum atomic E-state index is -0.449. The molecule has 2 aromatic rings. The van der Waals surface area contributed by atoms with Gasteiger partial charge in [0.2, 0.25) is 0 Å². The number of aromatic amines is 1. The SMILES string of the molecule is COC(=O)c1n[nH]c2c1CCN(C(=O)c1ccc(C(C)(C)C)cc1)C2. The van der Waals surface area contributed by atoms with Gasteiger partial charge in [-0.2, -0.15) is 5.10 Å². The minimum absolute atomic E-state index is 0.0136. The van der Waals surface area contributed by atoms with Crippen LogP contribution in [0.2, 0.25) is 0 Å². The zero-order valence-electron chi connectivity index (χ0n) is 15.0. The van der Waals surface area contributed by atoms with Crippen molar-refractivity contribution >= 4 is 11.9 Å². The molecule has 0 unspecified atom stereocenters. The fraction of sp³-hybridized carbons (Fsp3) is 0.421. The Bertz CT molecular complexity index is 800. The molecule has 0 aliphatic carbocycles. The highest BCUT2D eigenvalue weighted by Gasteiger charge is 2.28. The van der Waals surface area contributed by atoms with Gasteiger partial charge in [-0.25, -0.2) is 4.79 Å². The summed E-state index contributed by atoms with van der Waals surface area (Å²) in [6.07, 6.45) is 0.585. The van der Waals surface area contributed by atoms with Gasteiger partial charge >= 0.3 is 5.97 Å². The molecule has 0 bridgehead atoms. The van der Waals surface area contributed by atoms with E-state index in [1.165, 1.54) is 12.7 Å². The second kappa shape index (κ2) is 6.35. The predicted octanol–water partition coefficient (Wildman–Crippen LogP) is 2.69. The Hall–Kier alpha value is -2.63. The Morgan fingerprint density at radius 3 is 2.48 bits per heavy atom. The van der Waals surface area contributed by atoms with Crippen LogP contribution in [0.15, 0.2) is 24.3 Å². The molecule has 1 aliphatic rings. The summed E-state index contributed by atoms with van der Waals surface area (Å²) in [6, 6.07) is 7.78. The highest BCUT2D eigenvalue weighted by Crippen LogP contribution is 2.25. The van der Waals surface area contributed by atoms with Crippen molar-refractivity contribution in [3.8, 4) is 0 Å². The van der Waals surface area contributed by atoms with Gasteiger partial charge in [-0.1, -0.05) is 32.9 Å². The lowest BCUT2D eigenvalue weighted by molar-refractivity contribution is 0.0592. The van der Waals surface area contributed by atoms with E-state index in [2.05, 4.69) is 31.0 Å². The first-order chi connectivity index (χ1) is 11.8. The molecule has 6 heteroatoms. The summed E-state index contributed by atoms with van der Waals surface area (Å²) in [5, 5.41) is 6.90. The maximum Gasteiger partial charge on any atom is 0.358 e. The Labute approximate surface area is 147 Å². The number of nitrogens with zero attached hydrogens (tertiary/aromatic N) is 2. The molecule has 1 aromatic carbocycles. The average Bonchev–Trinajstić information content (AvgIpc) is 3.03. The molecule has 2 heterocycles. The monoisotopic (exact) mass is 341 g/mol. The average molecular weight is 341 g/mol. The largest absolute Gasteiger partial charge is 0.464 e. The molecule has 25 heavy (non-hydrogen) atoms. The van der Waals surface area contributed by atoms with Crippen LogP contribution in [-0.2, 0) is 23.1 Å². The zero-order chi connectivity index (χ0) is 18.2. The molecule has 0 spiro atoms. The standard InChI is InChI=1S/C19H23N3O3/c1-19(2,3)13-7-5-12(6-8-13)17(23)22-10-9-14-15(11-22)20-21-16(14)18(24)25-4/h5-8H,9-11H2,1-4H3,(H,20,21). The van der Waals surface area contributed by atoms with Crippen LogP contribution < -0.4 is 0 Å². The fourth-order valence-corrected chi connectivity index (χ4v) is 3.05. The number of hydrogen-bond donors (Lipinski definition) is 1. The summed E-state index contributed by atoms with van der Waals surface area (Å²) >= 11 is 0. The third-order valence-corrected chi connectivity index (χ3v) is 4.60. The minimum Gasteiger partial charge on any atom is -0.464 e. The summed E-state index contributed by atoms with van der Waals surface area (Å²) in [5.74, 6) is -0.463. The Morgan fingerprint density at radius 1 is 1.20 bits per heavy atom. The molecule has 0 saturated heterocycles. The number of fused-ring (bicyclic) bond motifs is 1. The molecule has 1 aromatic heterocycles. The molecule has 1 N–H and O–H groups in total. The lowest BCUT2D eigenvalue weighted by Gasteiger charge is -2.27. The number of esters is 1. The Kier molecular flexibility index (Phi) is 4.37. The van der Waals surface area contributed by atoms with Crippen LogP contribution in [0.5, 0.6) is 0 Å². The van der Waals surface area contributed by atoms with Crippen LogP contribution >= 0.6 is 0 Å². The molecule has 0 atom stereocenters. The number of ether oxygens (including phenoxy) is 1. The van der Waals surface area contributed by atoms with E-state index in [1.807, 2.05) is 24.3 Å². The third kappa shape index (κ3) is 3.29. The number of hydrogen-bond acceptors (Lipinski definition) is 4. The van der Waals surface area contributed by atoms with Crippen LogP contribution in [0, 0.1) is 0 Å². The molecule has 3 rings (SSSR count). The van der Waals surface area contributed by atoms with Crippen molar-refractivity contribution in [2.75, 3.05) is 13.7 Å². The van der Waals surface area contributed by atoms with E-state index in [-0.39, 0.29) is 11.3 Å². The Morgan fingerprint density at radius 2 is 1.88 bits per heavy atom. The van der Waals surface area contributed by atoms with Gasteiger partial charge in [0.15, 0.2) is 5.69 Å². The maximum atomic E-state index is 12.8. The summed E-state index contributed by atoms with van der Waals surface area (Å²) < 4.78 is 4.74. The van der Waals surface area contributed by atoms with Gasteiger partial charge in [-0.15, -0.1) is 0 Å². The van der Waals surface area contributed by atoms with Gasteiger partial charge in [0.1, 0.15) is 0 Å². The normalized spacial score (nSPS) is 14.2. The number of methoxy groups -OCH3 is 1. The van der Waals surface area contributed by atoms with Crippen molar-refractivity contribution in [3.05, 3.63) is 52.3 Å². The zero-order valence-corrected chi connectivity index (χ0v) is 15.0. The van der Waals surface area contributed by atoms with Gasteiger partial charge in [0.05, 0.1) is 19.3 Å². The summed E-state index contributed by atoms with van der Waals surface area (Å²) in [5.41, 5.74) is 3.89. The van der Waals surface area contributed by atoms with Gasteiger partial charge in [0, 0.05) is 17.7 Å². The fourth-order valence-electron chi connectivity index (χ4n) is 3.05. The van der Waals surface area contributed by atoms with Crippen molar-refractivity contribution in [2.24, 2.45) is 0 Å². The molecule has 1 amide bonds. The van der Waals surface area contributed by atoms with E-state index in [9.17, 15) is 9.59 Å². The molecule has 0 radical (unpaired) electrons. The molecule has 0 saturated carbocycles. The van der Waals surface area contributed by atoms with Crippen molar-refractivity contribution in [1.29, 1.82) is 0 Å². The van der Waals surface area contributed by atoms with Crippen LogP contribution in [0.25, 0.3) is 0 Å². The number of aromatic nitrogens is 2. The van der Waals surface area contributed by atoms with Crippen LogP contribution in [0.4, 0.5) is 0 Å². The summed E-state index contributed by atoms with van der Waals surface area (Å²) in [4.78, 5) is 26.2. The number of amides is 1. The molecule has 0 fully saturated rings. The van der Waals surface area contributed by atoms with E-state index >= 15 is 0 Å². The first kappa shape index (κ1) is 17.2. The second-order valence-corrected chi connectivity index (χ2v) is 7.32. The van der Waals surface area contributed by atoms with E-state index in [1.54, 1.807) is 4.90 Å². The molecule has 132 valence electrons. The van der Waals surface area contributed by atoms with Crippen molar-refractivity contribution in [2.45, 2.75) is 39.2 Å². The van der Waals surface area contributed by atoms with Gasteiger partial charge in [-0.3, -0.25) is 9.89 Å². The number of H-pyrrole nitrogens is 1. The number of rotatable bonds is 2. The van der Waals surface area contributed by atoms with Crippen molar-refractivity contribution in [1.82, 2.24) is 15.1 Å². The smallest absolute Gasteiger partial charge is 0.358 e. The Balaban J connectivity index is 1.77. The number of carbonyl (C=O) groups is 2. The third-order valence-electron chi connectivity index (χ3n) is 4.60. The number of carbonyl (C=O) groups excluding carboxylic acids is 2. The summed E-state index contributed by atoms with van der Waals surface area (Å²) in [7, 11) is 1.34. The lowest BCUT2D eigenvalue weighted by Crippen LogP contribution is -2.36. The first-order valence-corrected chi connectivity index (χ1v) is 8.35. The maximum absolute atomic E-state index is 12.8. The molecule has 6 nitrogen and oxygen atoms in total. The lowest BCUT2D eigenvalue weighted by atomic mass is 9.86. The van der Waals surface area contributed by atoms with Crippen molar-refractivity contribution in [3.63, 3.8) is 0 Å². The van der Waals surface area contributed by atoms with Gasteiger partial charge in [-0.05, 0) is 29.5 Å². The van der Waals surface area contributed by atoms with Crippen LogP contribution in [0.1, 0.15) is 58.4 Å². The van der Waals surface area contributed by atoms with Crippen LogP contribution in [-0.4, -0.2) is 40.6 Å². The summed E-state index contributed by atoms with van der Waals surface area (Å²) in [6.45, 7) is 7.41.